The number of ketones is 1. The van der Waals surface area contributed by atoms with Crippen LogP contribution in [0.2, 0.25) is 5.02 Å². The van der Waals surface area contributed by atoms with E-state index in [0.29, 0.717) is 17.5 Å². The van der Waals surface area contributed by atoms with Crippen molar-refractivity contribution in [2.75, 3.05) is 13.1 Å². The van der Waals surface area contributed by atoms with Gasteiger partial charge >= 0.3 is 0 Å². The Morgan fingerprint density at radius 2 is 2.35 bits per heavy atom. The van der Waals surface area contributed by atoms with E-state index in [1.807, 2.05) is 12.1 Å². The number of hydrogen-bond acceptors (Lipinski definition) is 2. The first kappa shape index (κ1) is 12.6. The van der Waals surface area contributed by atoms with E-state index < -0.39 is 0 Å². The normalized spacial score (nSPS) is 20.7. The fraction of sp³-hybridized carbons (Fsp3) is 0.500. The number of halogens is 1. The van der Waals surface area contributed by atoms with Gasteiger partial charge in [0, 0.05) is 29.6 Å². The molecular formula is C14H18ClNO. The van der Waals surface area contributed by atoms with E-state index in [1.54, 1.807) is 12.1 Å². The Hall–Kier alpha value is -0.860. The molecule has 0 bridgehead atoms. The van der Waals surface area contributed by atoms with Crippen LogP contribution in [0.15, 0.2) is 24.3 Å². The van der Waals surface area contributed by atoms with Crippen LogP contribution in [0.3, 0.4) is 0 Å². The Bertz CT molecular complexity index is 405. The molecule has 0 spiro atoms. The van der Waals surface area contributed by atoms with Gasteiger partial charge in [-0.05, 0) is 38.4 Å². The van der Waals surface area contributed by atoms with Gasteiger partial charge < -0.3 is 4.90 Å². The molecule has 1 atom stereocenters. The molecule has 0 aliphatic carbocycles. The Morgan fingerprint density at radius 3 is 3.00 bits per heavy atom. The lowest BCUT2D eigenvalue weighted by molar-refractivity contribution is 0.0963. The Kier molecular flexibility index (Phi) is 4.19. The maximum absolute atomic E-state index is 12.0. The molecule has 2 rings (SSSR count). The summed E-state index contributed by atoms with van der Waals surface area (Å²) in [5.41, 5.74) is 0.726. The van der Waals surface area contributed by atoms with Gasteiger partial charge in [-0.25, -0.2) is 0 Å². The minimum Gasteiger partial charge on any atom is -0.300 e. The lowest BCUT2D eigenvalue weighted by atomic mass is 10.1. The van der Waals surface area contributed by atoms with E-state index in [-0.39, 0.29) is 5.78 Å². The molecule has 0 saturated carbocycles. The predicted octanol–water partition coefficient (Wildman–Crippen LogP) is 3.40. The van der Waals surface area contributed by atoms with Gasteiger partial charge in [0.25, 0.3) is 0 Å². The van der Waals surface area contributed by atoms with Crippen molar-refractivity contribution in [2.24, 2.45) is 0 Å². The van der Waals surface area contributed by atoms with E-state index in [2.05, 4.69) is 11.8 Å². The summed E-state index contributed by atoms with van der Waals surface area (Å²) in [6, 6.07) is 7.83. The first-order valence-corrected chi connectivity index (χ1v) is 6.57. The maximum atomic E-state index is 12.0. The van der Waals surface area contributed by atoms with E-state index in [1.165, 1.54) is 12.8 Å². The summed E-state index contributed by atoms with van der Waals surface area (Å²) in [7, 11) is 0. The third-order valence-corrected chi connectivity index (χ3v) is 3.70. The van der Waals surface area contributed by atoms with Gasteiger partial charge in [-0.2, -0.15) is 0 Å². The van der Waals surface area contributed by atoms with Crippen LogP contribution < -0.4 is 0 Å². The smallest absolute Gasteiger partial charge is 0.164 e. The molecule has 1 aliphatic rings. The minimum absolute atomic E-state index is 0.187. The zero-order chi connectivity index (χ0) is 12.3. The Balaban J connectivity index is 1.89. The summed E-state index contributed by atoms with van der Waals surface area (Å²) in [5, 5.41) is 0.630. The van der Waals surface area contributed by atoms with E-state index in [0.717, 1.165) is 18.7 Å². The van der Waals surface area contributed by atoms with Gasteiger partial charge in [-0.15, -0.1) is 0 Å². The molecule has 3 heteroatoms. The van der Waals surface area contributed by atoms with Crippen LogP contribution in [-0.4, -0.2) is 29.8 Å². The summed E-state index contributed by atoms with van der Waals surface area (Å²) < 4.78 is 0. The highest BCUT2D eigenvalue weighted by atomic mass is 35.5. The van der Waals surface area contributed by atoms with Gasteiger partial charge in [0.15, 0.2) is 5.78 Å². The summed E-state index contributed by atoms with van der Waals surface area (Å²) in [6.45, 7) is 4.23. The first-order valence-electron chi connectivity index (χ1n) is 6.19. The molecule has 1 fully saturated rings. The van der Waals surface area contributed by atoms with Crippen LogP contribution in [0.4, 0.5) is 0 Å². The molecule has 92 valence electrons. The van der Waals surface area contributed by atoms with Gasteiger partial charge in [0.05, 0.1) is 0 Å². The molecule has 2 nitrogen and oxygen atoms in total. The lowest BCUT2D eigenvalue weighted by Gasteiger charge is -2.20. The second-order valence-corrected chi connectivity index (χ2v) is 5.15. The molecule has 1 heterocycles. The molecule has 0 aromatic heterocycles. The molecule has 1 aliphatic heterocycles. The SMILES string of the molecule is CC1CCCN1CCC(=O)c1cccc(Cl)c1. The largest absolute Gasteiger partial charge is 0.300 e. The summed E-state index contributed by atoms with van der Waals surface area (Å²) >= 11 is 5.88. The lowest BCUT2D eigenvalue weighted by Crippen LogP contribution is -2.29. The average Bonchev–Trinajstić information content (AvgIpc) is 2.72. The van der Waals surface area contributed by atoms with E-state index in [9.17, 15) is 4.79 Å². The monoisotopic (exact) mass is 251 g/mol. The fourth-order valence-corrected chi connectivity index (χ4v) is 2.57. The number of carbonyl (C=O) groups is 1. The van der Waals surface area contributed by atoms with Crippen molar-refractivity contribution in [1.29, 1.82) is 0 Å². The van der Waals surface area contributed by atoms with Crippen LogP contribution in [0, 0.1) is 0 Å². The highest BCUT2D eigenvalue weighted by molar-refractivity contribution is 6.31. The third kappa shape index (κ3) is 3.30. The molecule has 1 aromatic carbocycles. The molecular weight excluding hydrogens is 234 g/mol. The Morgan fingerprint density at radius 1 is 1.53 bits per heavy atom. The molecule has 0 amide bonds. The standard InChI is InChI=1S/C14H18ClNO/c1-11-4-3-8-16(11)9-7-14(17)12-5-2-6-13(15)10-12/h2,5-6,10-11H,3-4,7-9H2,1H3. The zero-order valence-corrected chi connectivity index (χ0v) is 10.9. The van der Waals surface area contributed by atoms with Crippen molar-refractivity contribution in [3.8, 4) is 0 Å². The number of nitrogens with zero attached hydrogens (tertiary/aromatic N) is 1. The van der Waals surface area contributed by atoms with Gasteiger partial charge in [-0.3, -0.25) is 4.79 Å². The number of carbonyl (C=O) groups excluding carboxylic acids is 1. The van der Waals surface area contributed by atoms with Crippen molar-refractivity contribution >= 4 is 17.4 Å². The number of Topliss-reactive ketones (excluding diaryl/α,β-unsaturated/α-hetero) is 1. The van der Waals surface area contributed by atoms with Crippen LogP contribution >= 0.6 is 11.6 Å². The molecule has 1 unspecified atom stereocenters. The third-order valence-electron chi connectivity index (χ3n) is 3.46. The average molecular weight is 252 g/mol. The quantitative estimate of drug-likeness (QED) is 0.765. The first-order chi connectivity index (χ1) is 8.16. The number of likely N-dealkylation sites (tertiary alicyclic amines) is 1. The summed E-state index contributed by atoms with van der Waals surface area (Å²) in [4.78, 5) is 14.4. The zero-order valence-electron chi connectivity index (χ0n) is 10.2. The van der Waals surface area contributed by atoms with Crippen molar-refractivity contribution in [3.05, 3.63) is 34.9 Å². The molecule has 1 saturated heterocycles. The summed E-state index contributed by atoms with van der Waals surface area (Å²) in [5.74, 6) is 0.187. The van der Waals surface area contributed by atoms with E-state index in [4.69, 9.17) is 11.6 Å². The van der Waals surface area contributed by atoms with Crippen LogP contribution in [-0.2, 0) is 0 Å². The maximum Gasteiger partial charge on any atom is 0.164 e. The highest BCUT2D eigenvalue weighted by Crippen LogP contribution is 2.18. The van der Waals surface area contributed by atoms with Gasteiger partial charge in [0.1, 0.15) is 0 Å². The fourth-order valence-electron chi connectivity index (χ4n) is 2.38. The highest BCUT2D eigenvalue weighted by Gasteiger charge is 2.20. The van der Waals surface area contributed by atoms with Crippen LogP contribution in [0.25, 0.3) is 0 Å². The molecule has 0 radical (unpaired) electrons. The minimum atomic E-state index is 0.187. The van der Waals surface area contributed by atoms with Gasteiger partial charge in [-0.1, -0.05) is 23.7 Å². The van der Waals surface area contributed by atoms with Crippen molar-refractivity contribution in [1.82, 2.24) is 4.90 Å². The van der Waals surface area contributed by atoms with Crippen LogP contribution in [0.5, 0.6) is 0 Å². The van der Waals surface area contributed by atoms with Crippen molar-refractivity contribution < 1.29 is 4.79 Å². The van der Waals surface area contributed by atoms with Gasteiger partial charge in [0.2, 0.25) is 0 Å². The Labute approximate surface area is 108 Å². The predicted molar refractivity (Wildman–Crippen MR) is 70.7 cm³/mol. The second kappa shape index (κ2) is 5.65. The molecule has 1 aromatic rings. The second-order valence-electron chi connectivity index (χ2n) is 4.71. The topological polar surface area (TPSA) is 20.3 Å². The number of hydrogen-bond donors (Lipinski definition) is 0. The van der Waals surface area contributed by atoms with E-state index >= 15 is 0 Å². The van der Waals surface area contributed by atoms with Crippen LogP contribution in [0.1, 0.15) is 36.5 Å². The number of benzene rings is 1. The molecule has 17 heavy (non-hydrogen) atoms. The van der Waals surface area contributed by atoms with Crippen molar-refractivity contribution in [2.45, 2.75) is 32.2 Å². The number of rotatable bonds is 4. The summed E-state index contributed by atoms with van der Waals surface area (Å²) in [6.07, 6.45) is 3.10. The molecule has 0 N–H and O–H groups in total. The van der Waals surface area contributed by atoms with Crippen molar-refractivity contribution in [3.63, 3.8) is 0 Å².